The number of rotatable bonds is 18. The van der Waals surface area contributed by atoms with Gasteiger partial charge in [0.2, 0.25) is 0 Å². The second-order valence-electron chi connectivity index (χ2n) is 12.1. The van der Waals surface area contributed by atoms with Gasteiger partial charge in [0.05, 0.1) is 45.3 Å². The lowest BCUT2D eigenvalue weighted by molar-refractivity contribution is -0.192. The largest absolute Gasteiger partial charge is 0.490 e. The molecule has 1 aliphatic heterocycles. The third kappa shape index (κ3) is 14.0. The molecule has 1 fully saturated rings. The molecule has 1 heterocycles. The highest BCUT2D eigenvalue weighted by Crippen LogP contribution is 2.33. The number of nitrogens with two attached hydrogens (primary N) is 1. The molecule has 0 unspecified atom stereocenters. The Kier molecular flexibility index (Phi) is 15.9. The minimum atomic E-state index is -5.08. The number of hydrogen-bond donors (Lipinski definition) is 5. The first-order chi connectivity index (χ1) is 26.3. The van der Waals surface area contributed by atoms with Gasteiger partial charge in [0.25, 0.3) is 23.6 Å². The van der Waals surface area contributed by atoms with Crippen molar-refractivity contribution in [1.29, 1.82) is 0 Å². The lowest BCUT2D eigenvalue weighted by Crippen LogP contribution is -2.33. The molecule has 4 amide bonds. The van der Waals surface area contributed by atoms with Crippen molar-refractivity contribution in [1.82, 2.24) is 10.2 Å². The van der Waals surface area contributed by atoms with Crippen LogP contribution in [-0.2, 0) is 30.3 Å². The van der Waals surface area contributed by atoms with Crippen molar-refractivity contribution in [2.75, 3.05) is 70.0 Å². The summed E-state index contributed by atoms with van der Waals surface area (Å²) < 4.78 is 53.3. The molecule has 0 spiro atoms. The van der Waals surface area contributed by atoms with Crippen molar-refractivity contribution in [3.05, 3.63) is 89.0 Å². The maximum atomic E-state index is 13.4. The number of fused-ring (bicyclic) bond motifs is 1. The van der Waals surface area contributed by atoms with Crippen LogP contribution >= 0.6 is 0 Å². The smallest absolute Gasteiger partial charge is 0.482 e. The van der Waals surface area contributed by atoms with Gasteiger partial charge in [-0.3, -0.25) is 19.2 Å². The fraction of sp³-hybridized carbons (Fsp3) is 0.378. The Morgan fingerprint density at radius 3 is 2.00 bits per heavy atom. The molecule has 15 nitrogen and oxygen atoms in total. The molecule has 5 rings (SSSR count). The number of carbonyl (C=O) groups is 5. The number of alkyl halides is 3. The number of halogens is 3. The van der Waals surface area contributed by atoms with Crippen LogP contribution in [-0.4, -0.2) is 111 Å². The van der Waals surface area contributed by atoms with Crippen LogP contribution in [0.1, 0.15) is 49.5 Å². The van der Waals surface area contributed by atoms with E-state index in [-0.39, 0.29) is 36.3 Å². The predicted molar refractivity (Wildman–Crippen MR) is 192 cm³/mol. The average Bonchev–Trinajstić information content (AvgIpc) is 4.01. The minimum absolute atomic E-state index is 0.0816. The summed E-state index contributed by atoms with van der Waals surface area (Å²) in [6.45, 7) is 3.84. The lowest BCUT2D eigenvalue weighted by atomic mass is 10.1. The fourth-order valence-corrected chi connectivity index (χ4v) is 4.96. The van der Waals surface area contributed by atoms with E-state index in [1.54, 1.807) is 54.6 Å². The van der Waals surface area contributed by atoms with E-state index < -0.39 is 12.1 Å². The highest BCUT2D eigenvalue weighted by Gasteiger charge is 2.38. The Balaban J connectivity index is 0.000000876. The third-order valence-corrected chi connectivity index (χ3v) is 7.86. The van der Waals surface area contributed by atoms with Crippen molar-refractivity contribution in [2.24, 2.45) is 5.73 Å². The first-order valence-corrected chi connectivity index (χ1v) is 17.3. The first kappa shape index (κ1) is 42.2. The van der Waals surface area contributed by atoms with Crippen molar-refractivity contribution < 1.29 is 61.2 Å². The average molecular weight is 774 g/mol. The van der Waals surface area contributed by atoms with E-state index in [9.17, 15) is 32.3 Å². The van der Waals surface area contributed by atoms with Crippen LogP contribution in [0.2, 0.25) is 0 Å². The molecule has 55 heavy (non-hydrogen) atoms. The van der Waals surface area contributed by atoms with Gasteiger partial charge in [-0.05, 0) is 73.0 Å². The number of carboxylic acids is 1. The van der Waals surface area contributed by atoms with Crippen molar-refractivity contribution in [3.63, 3.8) is 0 Å². The summed E-state index contributed by atoms with van der Waals surface area (Å²) in [6.07, 6.45) is -3.22. The zero-order chi connectivity index (χ0) is 39.8. The number of carboxylic acid groups (broad SMARTS) is 1. The summed E-state index contributed by atoms with van der Waals surface area (Å²) >= 11 is 0. The Labute approximate surface area is 314 Å². The van der Waals surface area contributed by atoms with E-state index in [1.165, 1.54) is 0 Å². The highest BCUT2D eigenvalue weighted by atomic mass is 19.4. The standard InChI is InChI=1S/C35H41N5O8.C2HF3O2/c36-13-15-45-17-19-47-20-18-46-16-14-37-33(42)25-5-8-28(9-6-25)38-34(43)26-3-1-24(2-4-26)22-40(29-10-11-29)35(44)27-7-12-30-31(21-27)48-23-32(41)39-30;3-2(4,5)1(6)7/h1-9,12,21,29H,10-11,13-20,22-23,36H2,(H,37,42)(H,38,43)(H,39,41);(H,6,7). The van der Waals surface area contributed by atoms with E-state index in [4.69, 9.17) is 34.6 Å². The molecular weight excluding hydrogens is 731 g/mol. The van der Waals surface area contributed by atoms with Crippen LogP contribution < -0.4 is 26.4 Å². The summed E-state index contributed by atoms with van der Waals surface area (Å²) in [5.74, 6) is -3.16. The van der Waals surface area contributed by atoms with Crippen LogP contribution in [0.4, 0.5) is 24.5 Å². The molecular formula is C37H42F3N5O10. The van der Waals surface area contributed by atoms with Gasteiger partial charge in [0.15, 0.2) is 6.61 Å². The third-order valence-electron chi connectivity index (χ3n) is 7.86. The maximum Gasteiger partial charge on any atom is 0.490 e. The van der Waals surface area contributed by atoms with E-state index in [0.29, 0.717) is 93.1 Å². The monoisotopic (exact) mass is 773 g/mol. The van der Waals surface area contributed by atoms with Gasteiger partial charge in [-0.25, -0.2) is 4.79 Å². The number of ether oxygens (including phenoxy) is 4. The Bertz CT molecular complexity index is 1770. The van der Waals surface area contributed by atoms with E-state index in [1.807, 2.05) is 17.0 Å². The summed E-state index contributed by atoms with van der Waals surface area (Å²) in [4.78, 5) is 61.1. The minimum Gasteiger partial charge on any atom is -0.482 e. The van der Waals surface area contributed by atoms with Crippen LogP contribution in [0.25, 0.3) is 0 Å². The van der Waals surface area contributed by atoms with E-state index in [2.05, 4.69) is 16.0 Å². The van der Waals surface area contributed by atoms with Crippen molar-refractivity contribution in [2.45, 2.75) is 31.6 Å². The Morgan fingerprint density at radius 1 is 0.836 bits per heavy atom. The summed E-state index contributed by atoms with van der Waals surface area (Å²) in [5.41, 5.74) is 8.75. The van der Waals surface area contributed by atoms with Gasteiger partial charge in [0, 0.05) is 48.1 Å². The lowest BCUT2D eigenvalue weighted by Gasteiger charge is -2.24. The number of anilines is 2. The molecule has 1 aliphatic carbocycles. The molecule has 0 aromatic heterocycles. The molecule has 0 saturated heterocycles. The topological polar surface area (TPSA) is 208 Å². The summed E-state index contributed by atoms with van der Waals surface area (Å²) in [5, 5.41) is 15.5. The molecule has 18 heteroatoms. The van der Waals surface area contributed by atoms with Gasteiger partial charge in [-0.15, -0.1) is 0 Å². The zero-order valence-corrected chi connectivity index (χ0v) is 29.7. The number of aliphatic carboxylic acids is 1. The first-order valence-electron chi connectivity index (χ1n) is 17.3. The summed E-state index contributed by atoms with van der Waals surface area (Å²) in [7, 11) is 0. The predicted octanol–water partition coefficient (Wildman–Crippen LogP) is 3.45. The van der Waals surface area contributed by atoms with E-state index >= 15 is 0 Å². The molecule has 2 aliphatic rings. The Hall–Kier alpha value is -5.56. The van der Waals surface area contributed by atoms with Crippen LogP contribution in [0.15, 0.2) is 66.7 Å². The molecule has 0 radical (unpaired) electrons. The van der Waals surface area contributed by atoms with Crippen LogP contribution in [0, 0.1) is 0 Å². The number of carbonyl (C=O) groups excluding carboxylic acids is 4. The number of benzene rings is 3. The number of nitrogens with zero attached hydrogens (tertiary/aromatic N) is 1. The zero-order valence-electron chi connectivity index (χ0n) is 29.7. The fourth-order valence-electron chi connectivity index (χ4n) is 4.96. The van der Waals surface area contributed by atoms with Gasteiger partial charge in [-0.1, -0.05) is 12.1 Å². The molecule has 0 bridgehead atoms. The molecule has 3 aromatic carbocycles. The van der Waals surface area contributed by atoms with Crippen molar-refractivity contribution in [3.8, 4) is 5.75 Å². The molecule has 0 atom stereocenters. The van der Waals surface area contributed by atoms with Crippen LogP contribution in [0.5, 0.6) is 5.75 Å². The SMILES string of the molecule is NCCOCCOCCOCCNC(=O)c1ccc(NC(=O)c2ccc(CN(C(=O)c3ccc4c(c3)OCC(=O)N4)C3CC3)cc2)cc1.O=C(O)C(F)(F)F. The number of nitrogens with one attached hydrogen (secondary N) is 3. The second kappa shape index (κ2) is 20.8. The van der Waals surface area contributed by atoms with E-state index in [0.717, 1.165) is 18.4 Å². The summed E-state index contributed by atoms with van der Waals surface area (Å²) in [6, 6.07) is 19.0. The van der Waals surface area contributed by atoms with Gasteiger partial charge in [-0.2, -0.15) is 13.2 Å². The van der Waals surface area contributed by atoms with Crippen LogP contribution in [0.3, 0.4) is 0 Å². The molecule has 6 N–H and O–H groups in total. The van der Waals surface area contributed by atoms with Crippen molar-refractivity contribution >= 4 is 41.0 Å². The highest BCUT2D eigenvalue weighted by molar-refractivity contribution is 6.04. The quantitative estimate of drug-likeness (QED) is 0.118. The Morgan fingerprint density at radius 2 is 1.40 bits per heavy atom. The second-order valence-corrected chi connectivity index (χ2v) is 12.1. The number of amides is 4. The molecule has 1 saturated carbocycles. The maximum absolute atomic E-state index is 13.4. The molecule has 296 valence electrons. The van der Waals surface area contributed by atoms with Gasteiger partial charge >= 0.3 is 12.1 Å². The number of hydrogen-bond acceptors (Lipinski definition) is 10. The normalized spacial score (nSPS) is 13.3. The molecule has 3 aromatic rings. The van der Waals surface area contributed by atoms with Gasteiger partial charge in [0.1, 0.15) is 5.75 Å². The van der Waals surface area contributed by atoms with Gasteiger partial charge < -0.3 is 50.6 Å².